The number of guanidine groups is 1. The monoisotopic (exact) mass is 465 g/mol. The minimum Gasteiger partial charge on any atom is -0.492 e. The second-order valence-corrected chi connectivity index (χ2v) is 5.98. The summed E-state index contributed by atoms with van der Waals surface area (Å²) >= 11 is 0. The summed E-state index contributed by atoms with van der Waals surface area (Å²) in [6.07, 6.45) is 2.62. The van der Waals surface area contributed by atoms with Gasteiger partial charge in [-0.05, 0) is 49.9 Å². The van der Waals surface area contributed by atoms with Gasteiger partial charge in [0.25, 0.3) is 0 Å². The van der Waals surface area contributed by atoms with Crippen LogP contribution < -0.4 is 10.1 Å². The quantitative estimate of drug-likeness (QED) is 0.250. The molecule has 1 aromatic rings. The van der Waals surface area contributed by atoms with Crippen LogP contribution in [0.15, 0.2) is 29.3 Å². The van der Waals surface area contributed by atoms with Gasteiger partial charge in [0.1, 0.15) is 18.2 Å². The van der Waals surface area contributed by atoms with Crippen LogP contribution in [0.1, 0.15) is 19.8 Å². The Bertz CT molecular complexity index is 510. The molecule has 5 nitrogen and oxygen atoms in total. The third-order valence-corrected chi connectivity index (χ3v) is 3.75. The van der Waals surface area contributed by atoms with Gasteiger partial charge in [0, 0.05) is 20.2 Å². The first-order valence-electron chi connectivity index (χ1n) is 8.64. The maximum Gasteiger partial charge on any atom is 0.193 e. The van der Waals surface area contributed by atoms with Crippen molar-refractivity contribution in [2.45, 2.75) is 19.8 Å². The maximum atomic E-state index is 12.9. The molecule has 1 N–H and O–H groups in total. The van der Waals surface area contributed by atoms with Crippen LogP contribution in [-0.4, -0.2) is 57.4 Å². The molecule has 0 unspecified atom stereocenters. The zero-order chi connectivity index (χ0) is 17.2. The molecule has 2 rings (SSSR count). The first-order chi connectivity index (χ1) is 11.7. The summed E-state index contributed by atoms with van der Waals surface area (Å²) in [6, 6.07) is 6.05. The molecule has 1 aromatic carbocycles. The summed E-state index contributed by atoms with van der Waals surface area (Å²) in [6.45, 7) is 6.22. The molecule has 0 aromatic heterocycles. The van der Waals surface area contributed by atoms with E-state index in [2.05, 4.69) is 10.3 Å². The van der Waals surface area contributed by atoms with Crippen LogP contribution >= 0.6 is 24.0 Å². The SMILES string of the molecule is CCNC(=NCCOCC1CC1)N(C)CCOc1ccc(F)cc1.I. The zero-order valence-corrected chi connectivity index (χ0v) is 17.4. The number of nitrogens with zero attached hydrogens (tertiary/aromatic N) is 2. The normalized spacial score (nSPS) is 14.0. The summed E-state index contributed by atoms with van der Waals surface area (Å²) in [5, 5.41) is 3.27. The molecule has 1 saturated carbocycles. The number of nitrogens with one attached hydrogen (secondary N) is 1. The smallest absolute Gasteiger partial charge is 0.193 e. The fourth-order valence-electron chi connectivity index (χ4n) is 2.16. The van der Waals surface area contributed by atoms with Gasteiger partial charge < -0.3 is 19.7 Å². The third-order valence-electron chi connectivity index (χ3n) is 3.75. The molecule has 0 atom stereocenters. The number of halogens is 2. The Hall–Kier alpha value is -1.09. The second kappa shape index (κ2) is 12.3. The molecule has 25 heavy (non-hydrogen) atoms. The van der Waals surface area contributed by atoms with E-state index in [4.69, 9.17) is 9.47 Å². The lowest BCUT2D eigenvalue weighted by Crippen LogP contribution is -2.41. The number of hydrogen-bond acceptors (Lipinski definition) is 3. The van der Waals surface area contributed by atoms with Gasteiger partial charge >= 0.3 is 0 Å². The Morgan fingerprint density at radius 1 is 1.28 bits per heavy atom. The molecule has 0 spiro atoms. The number of hydrogen-bond donors (Lipinski definition) is 1. The Kier molecular flexibility index (Phi) is 10.8. The second-order valence-electron chi connectivity index (χ2n) is 5.98. The van der Waals surface area contributed by atoms with Crippen LogP contribution in [0.25, 0.3) is 0 Å². The average molecular weight is 465 g/mol. The highest BCUT2D eigenvalue weighted by Crippen LogP contribution is 2.28. The molecular weight excluding hydrogens is 436 g/mol. The van der Waals surface area contributed by atoms with Crippen LogP contribution in [0.3, 0.4) is 0 Å². The molecule has 1 aliphatic rings. The van der Waals surface area contributed by atoms with Gasteiger partial charge in [0.2, 0.25) is 0 Å². The summed E-state index contributed by atoms with van der Waals surface area (Å²) in [4.78, 5) is 6.59. The van der Waals surface area contributed by atoms with E-state index in [9.17, 15) is 4.39 Å². The van der Waals surface area contributed by atoms with Crippen molar-refractivity contribution >= 4 is 29.9 Å². The molecule has 0 amide bonds. The summed E-state index contributed by atoms with van der Waals surface area (Å²) in [7, 11) is 1.97. The predicted octanol–water partition coefficient (Wildman–Crippen LogP) is 3.15. The van der Waals surface area contributed by atoms with Crippen molar-refractivity contribution in [3.63, 3.8) is 0 Å². The van der Waals surface area contributed by atoms with Crippen molar-refractivity contribution in [3.8, 4) is 5.75 Å². The highest BCUT2D eigenvalue weighted by molar-refractivity contribution is 14.0. The number of rotatable bonds is 10. The number of ether oxygens (including phenoxy) is 2. The van der Waals surface area contributed by atoms with E-state index in [0.717, 1.165) is 25.0 Å². The van der Waals surface area contributed by atoms with Crippen molar-refractivity contribution in [1.29, 1.82) is 0 Å². The van der Waals surface area contributed by atoms with Gasteiger partial charge in [-0.25, -0.2) is 4.39 Å². The Morgan fingerprint density at radius 3 is 2.64 bits per heavy atom. The molecule has 0 heterocycles. The van der Waals surface area contributed by atoms with E-state index in [1.807, 2.05) is 18.9 Å². The molecule has 0 radical (unpaired) electrons. The van der Waals surface area contributed by atoms with Crippen molar-refractivity contribution in [3.05, 3.63) is 30.1 Å². The van der Waals surface area contributed by atoms with Gasteiger partial charge in [0.05, 0.1) is 19.7 Å². The average Bonchev–Trinajstić information content (AvgIpc) is 3.39. The van der Waals surface area contributed by atoms with E-state index in [1.54, 1.807) is 12.1 Å². The first kappa shape index (κ1) is 22.0. The fraction of sp³-hybridized carbons (Fsp3) is 0.611. The molecule has 0 saturated heterocycles. The molecule has 1 aliphatic carbocycles. The van der Waals surface area contributed by atoms with Gasteiger partial charge in [-0.1, -0.05) is 0 Å². The molecule has 142 valence electrons. The highest BCUT2D eigenvalue weighted by Gasteiger charge is 2.20. The fourth-order valence-corrected chi connectivity index (χ4v) is 2.16. The van der Waals surface area contributed by atoms with Gasteiger partial charge in [0.15, 0.2) is 5.96 Å². The molecule has 1 fully saturated rings. The largest absolute Gasteiger partial charge is 0.492 e. The van der Waals surface area contributed by atoms with Gasteiger partial charge in [-0.2, -0.15) is 0 Å². The number of benzene rings is 1. The number of aliphatic imine (C=N–C) groups is 1. The first-order valence-corrected chi connectivity index (χ1v) is 8.64. The Morgan fingerprint density at radius 2 is 2.00 bits per heavy atom. The lowest BCUT2D eigenvalue weighted by Gasteiger charge is -2.22. The summed E-state index contributed by atoms with van der Waals surface area (Å²) in [5.41, 5.74) is 0. The van der Waals surface area contributed by atoms with E-state index in [0.29, 0.717) is 32.1 Å². The summed E-state index contributed by atoms with van der Waals surface area (Å²) < 4.78 is 24.1. The third kappa shape index (κ3) is 9.25. The van der Waals surface area contributed by atoms with Crippen molar-refractivity contribution in [1.82, 2.24) is 10.2 Å². The predicted molar refractivity (Wildman–Crippen MR) is 109 cm³/mol. The minimum absolute atomic E-state index is 0. The van der Waals surface area contributed by atoms with E-state index >= 15 is 0 Å². The minimum atomic E-state index is -0.259. The van der Waals surface area contributed by atoms with E-state index in [-0.39, 0.29) is 29.8 Å². The van der Waals surface area contributed by atoms with Crippen LogP contribution in [-0.2, 0) is 4.74 Å². The van der Waals surface area contributed by atoms with Crippen LogP contribution in [0.2, 0.25) is 0 Å². The van der Waals surface area contributed by atoms with Crippen molar-refractivity contribution in [2.75, 3.05) is 46.5 Å². The van der Waals surface area contributed by atoms with Crippen molar-refractivity contribution < 1.29 is 13.9 Å². The van der Waals surface area contributed by atoms with Gasteiger partial charge in [-0.3, -0.25) is 4.99 Å². The van der Waals surface area contributed by atoms with Crippen LogP contribution in [0.5, 0.6) is 5.75 Å². The molecule has 0 bridgehead atoms. The van der Waals surface area contributed by atoms with Crippen molar-refractivity contribution in [2.24, 2.45) is 10.9 Å². The van der Waals surface area contributed by atoms with Gasteiger partial charge in [-0.15, -0.1) is 24.0 Å². The van der Waals surface area contributed by atoms with Crippen LogP contribution in [0, 0.1) is 11.7 Å². The van der Waals surface area contributed by atoms with Crippen LogP contribution in [0.4, 0.5) is 4.39 Å². The standard InChI is InChI=1S/C18H28FN3O2.HI/c1-3-20-18(21-10-12-23-14-15-4-5-15)22(2)11-13-24-17-8-6-16(19)7-9-17;/h6-9,15H,3-5,10-14H2,1-2H3,(H,20,21);1H. The Labute approximate surface area is 167 Å². The summed E-state index contributed by atoms with van der Waals surface area (Å²) in [5.74, 6) is 2.04. The highest BCUT2D eigenvalue weighted by atomic mass is 127. The van der Waals surface area contributed by atoms with E-state index in [1.165, 1.54) is 25.0 Å². The topological polar surface area (TPSA) is 46.1 Å². The lowest BCUT2D eigenvalue weighted by molar-refractivity contribution is 0.131. The number of likely N-dealkylation sites (N-methyl/N-ethyl adjacent to an activating group) is 1. The maximum absolute atomic E-state index is 12.9. The lowest BCUT2D eigenvalue weighted by atomic mass is 10.3. The van der Waals surface area contributed by atoms with E-state index < -0.39 is 0 Å². The Balaban J connectivity index is 0.00000312. The zero-order valence-electron chi connectivity index (χ0n) is 15.0. The molecule has 7 heteroatoms. The molecular formula is C18H29FIN3O2. The molecule has 0 aliphatic heterocycles.